The lowest BCUT2D eigenvalue weighted by Crippen LogP contribution is -2.55. The number of carbonyl (C=O) groups excluding carboxylic acids is 1. The summed E-state index contributed by atoms with van der Waals surface area (Å²) >= 11 is 0. The Labute approximate surface area is 96.6 Å². The summed E-state index contributed by atoms with van der Waals surface area (Å²) in [6, 6.07) is -0.468. The molecule has 1 heterocycles. The molecule has 1 aliphatic rings. The average molecular weight is 230 g/mol. The van der Waals surface area contributed by atoms with Crippen molar-refractivity contribution >= 4 is 5.91 Å². The van der Waals surface area contributed by atoms with Gasteiger partial charge in [-0.05, 0) is 12.8 Å². The van der Waals surface area contributed by atoms with E-state index in [4.69, 9.17) is 15.6 Å². The quantitative estimate of drug-likeness (QED) is 0.690. The minimum absolute atomic E-state index is 0.0470. The van der Waals surface area contributed by atoms with Crippen LogP contribution >= 0.6 is 0 Å². The van der Waals surface area contributed by atoms with Gasteiger partial charge < -0.3 is 20.5 Å². The van der Waals surface area contributed by atoms with Gasteiger partial charge in [0.05, 0.1) is 24.9 Å². The molecule has 0 radical (unpaired) electrons. The lowest BCUT2D eigenvalue weighted by Gasteiger charge is -2.37. The second kappa shape index (κ2) is 5.61. The van der Waals surface area contributed by atoms with Gasteiger partial charge in [0.1, 0.15) is 0 Å². The van der Waals surface area contributed by atoms with E-state index in [2.05, 4.69) is 0 Å². The molecule has 0 saturated carbocycles. The van der Waals surface area contributed by atoms with E-state index in [1.165, 1.54) is 0 Å². The highest BCUT2D eigenvalue weighted by atomic mass is 16.5. The summed E-state index contributed by atoms with van der Waals surface area (Å²) in [7, 11) is 0. The lowest BCUT2D eigenvalue weighted by atomic mass is 10.0. The number of ether oxygens (including phenoxy) is 1. The Balaban J connectivity index is 2.61. The van der Waals surface area contributed by atoms with E-state index in [1.54, 1.807) is 4.90 Å². The zero-order valence-corrected chi connectivity index (χ0v) is 10.2. The fourth-order valence-electron chi connectivity index (χ4n) is 1.82. The summed E-state index contributed by atoms with van der Waals surface area (Å²) in [5.41, 5.74) is 5.83. The van der Waals surface area contributed by atoms with Gasteiger partial charge in [0.2, 0.25) is 5.91 Å². The first-order valence-corrected chi connectivity index (χ1v) is 5.76. The maximum absolute atomic E-state index is 12.0. The Bertz CT molecular complexity index is 245. The minimum atomic E-state index is -0.468. The molecule has 94 valence electrons. The second-order valence-corrected chi connectivity index (χ2v) is 4.76. The number of aliphatic hydroxyl groups excluding tert-OH is 1. The summed E-state index contributed by atoms with van der Waals surface area (Å²) in [5, 5.41) is 9.06. The highest BCUT2D eigenvalue weighted by Gasteiger charge is 2.31. The van der Waals surface area contributed by atoms with Gasteiger partial charge in [-0.3, -0.25) is 4.79 Å². The predicted octanol–water partition coefficient (Wildman–Crippen LogP) is -0.422. The summed E-state index contributed by atoms with van der Waals surface area (Å²) < 4.78 is 5.47. The number of hydrogen-bond acceptors (Lipinski definition) is 4. The van der Waals surface area contributed by atoms with Gasteiger partial charge in [-0.2, -0.15) is 0 Å². The molecule has 1 rings (SSSR count). The van der Waals surface area contributed by atoms with Gasteiger partial charge >= 0.3 is 0 Å². The van der Waals surface area contributed by atoms with Crippen molar-refractivity contribution in [2.45, 2.75) is 39.0 Å². The van der Waals surface area contributed by atoms with Crippen LogP contribution in [0.4, 0.5) is 0 Å². The molecule has 0 spiro atoms. The standard InChI is InChI=1S/C11H22N2O3/c1-7(2)10(12)11(15)13-4-8(3)16-9(5-13)6-14/h7-10,14H,4-6,12H2,1-3H3. The highest BCUT2D eigenvalue weighted by molar-refractivity contribution is 5.82. The molecule has 1 amide bonds. The first kappa shape index (κ1) is 13.4. The van der Waals surface area contributed by atoms with Crippen molar-refractivity contribution in [1.29, 1.82) is 0 Å². The first-order chi connectivity index (χ1) is 7.45. The Hall–Kier alpha value is -0.650. The van der Waals surface area contributed by atoms with E-state index >= 15 is 0 Å². The molecule has 1 saturated heterocycles. The number of aliphatic hydroxyl groups is 1. The third-order valence-electron chi connectivity index (χ3n) is 2.84. The smallest absolute Gasteiger partial charge is 0.239 e. The molecule has 1 aliphatic heterocycles. The van der Waals surface area contributed by atoms with E-state index in [-0.39, 0.29) is 30.6 Å². The number of carbonyl (C=O) groups is 1. The molecule has 3 atom stereocenters. The van der Waals surface area contributed by atoms with E-state index in [0.717, 1.165) is 0 Å². The fourth-order valence-corrected chi connectivity index (χ4v) is 1.82. The lowest BCUT2D eigenvalue weighted by molar-refractivity contribution is -0.149. The van der Waals surface area contributed by atoms with Crippen molar-refractivity contribution in [2.24, 2.45) is 11.7 Å². The molecule has 3 N–H and O–H groups in total. The average Bonchev–Trinajstić information content (AvgIpc) is 2.25. The molecule has 3 unspecified atom stereocenters. The third-order valence-corrected chi connectivity index (χ3v) is 2.84. The van der Waals surface area contributed by atoms with Crippen molar-refractivity contribution in [3.63, 3.8) is 0 Å². The number of nitrogens with two attached hydrogens (primary N) is 1. The second-order valence-electron chi connectivity index (χ2n) is 4.76. The van der Waals surface area contributed by atoms with Crippen LogP contribution in [-0.2, 0) is 9.53 Å². The van der Waals surface area contributed by atoms with E-state index in [1.807, 2.05) is 20.8 Å². The van der Waals surface area contributed by atoms with Crippen LogP contribution in [0.25, 0.3) is 0 Å². The summed E-state index contributed by atoms with van der Waals surface area (Å²) in [6.07, 6.45) is -0.332. The van der Waals surface area contributed by atoms with Gasteiger partial charge in [0.25, 0.3) is 0 Å². The van der Waals surface area contributed by atoms with Crippen molar-refractivity contribution in [1.82, 2.24) is 4.90 Å². The SMILES string of the molecule is CC1CN(C(=O)C(N)C(C)C)CC(CO)O1. The number of rotatable bonds is 3. The van der Waals surface area contributed by atoms with Crippen LogP contribution in [0, 0.1) is 5.92 Å². The first-order valence-electron chi connectivity index (χ1n) is 5.76. The largest absolute Gasteiger partial charge is 0.394 e. The molecule has 0 aromatic rings. The zero-order valence-electron chi connectivity index (χ0n) is 10.2. The van der Waals surface area contributed by atoms with Crippen molar-refractivity contribution in [2.75, 3.05) is 19.7 Å². The molecular weight excluding hydrogens is 208 g/mol. The molecule has 1 fully saturated rings. The van der Waals surface area contributed by atoms with Crippen LogP contribution in [0.3, 0.4) is 0 Å². The van der Waals surface area contributed by atoms with Gasteiger partial charge in [0, 0.05) is 13.1 Å². The van der Waals surface area contributed by atoms with Gasteiger partial charge in [0.15, 0.2) is 0 Å². The van der Waals surface area contributed by atoms with Crippen LogP contribution in [0.5, 0.6) is 0 Å². The summed E-state index contributed by atoms with van der Waals surface area (Å²) in [5.74, 6) is 0.0711. The Morgan fingerprint density at radius 2 is 2.19 bits per heavy atom. The van der Waals surface area contributed by atoms with Crippen molar-refractivity contribution < 1.29 is 14.6 Å². The molecule has 0 bridgehead atoms. The maximum atomic E-state index is 12.0. The van der Waals surface area contributed by atoms with E-state index in [9.17, 15) is 4.79 Å². The molecule has 5 heteroatoms. The number of morpholine rings is 1. The predicted molar refractivity (Wildman–Crippen MR) is 60.8 cm³/mol. The number of nitrogens with zero attached hydrogens (tertiary/aromatic N) is 1. The normalized spacial score (nSPS) is 28.2. The Kier molecular flexibility index (Phi) is 4.70. The van der Waals surface area contributed by atoms with Gasteiger partial charge in [-0.1, -0.05) is 13.8 Å². The topological polar surface area (TPSA) is 75.8 Å². The van der Waals surface area contributed by atoms with Crippen LogP contribution in [0.1, 0.15) is 20.8 Å². The fraction of sp³-hybridized carbons (Fsp3) is 0.909. The maximum Gasteiger partial charge on any atom is 0.239 e. The van der Waals surface area contributed by atoms with Crippen molar-refractivity contribution in [3.05, 3.63) is 0 Å². The van der Waals surface area contributed by atoms with Crippen LogP contribution in [0.15, 0.2) is 0 Å². The molecular formula is C11H22N2O3. The van der Waals surface area contributed by atoms with E-state index < -0.39 is 6.04 Å². The minimum Gasteiger partial charge on any atom is -0.394 e. The zero-order chi connectivity index (χ0) is 12.3. The summed E-state index contributed by atoms with van der Waals surface area (Å²) in [6.45, 7) is 6.66. The van der Waals surface area contributed by atoms with Crippen molar-refractivity contribution in [3.8, 4) is 0 Å². The van der Waals surface area contributed by atoms with Gasteiger partial charge in [-0.15, -0.1) is 0 Å². The highest BCUT2D eigenvalue weighted by Crippen LogP contribution is 2.13. The van der Waals surface area contributed by atoms with Gasteiger partial charge in [-0.25, -0.2) is 0 Å². The van der Waals surface area contributed by atoms with E-state index in [0.29, 0.717) is 13.1 Å². The molecule has 16 heavy (non-hydrogen) atoms. The Morgan fingerprint density at radius 1 is 1.56 bits per heavy atom. The Morgan fingerprint density at radius 3 is 2.69 bits per heavy atom. The van der Waals surface area contributed by atoms with Crippen LogP contribution in [-0.4, -0.2) is 53.9 Å². The molecule has 5 nitrogen and oxygen atoms in total. The third kappa shape index (κ3) is 3.17. The number of amides is 1. The molecule has 0 aliphatic carbocycles. The van der Waals surface area contributed by atoms with Crippen LogP contribution < -0.4 is 5.73 Å². The monoisotopic (exact) mass is 230 g/mol. The summed E-state index contributed by atoms with van der Waals surface area (Å²) in [4.78, 5) is 13.7. The molecule has 0 aromatic heterocycles. The molecule has 0 aromatic carbocycles. The van der Waals surface area contributed by atoms with Crippen LogP contribution in [0.2, 0.25) is 0 Å². The number of hydrogen-bond donors (Lipinski definition) is 2.